The number of rotatable bonds is 5. The maximum Gasteiger partial charge on any atom is 0.258 e. The van der Waals surface area contributed by atoms with Crippen LogP contribution in [0.3, 0.4) is 0 Å². The highest BCUT2D eigenvalue weighted by Gasteiger charge is 2.80. The monoisotopic (exact) mass is 372 g/mol. The number of para-hydroxylation sites is 1. The Morgan fingerprint density at radius 2 is 2.00 bits per heavy atom. The van der Waals surface area contributed by atoms with Crippen molar-refractivity contribution in [2.75, 3.05) is 5.32 Å². The van der Waals surface area contributed by atoms with Crippen LogP contribution in [0, 0.1) is 11.3 Å². The first-order valence-corrected chi connectivity index (χ1v) is 9.31. The number of carbonyl (C=O) groups excluding carboxylic acids is 1. The predicted molar refractivity (Wildman–Crippen MR) is 97.3 cm³/mol. The van der Waals surface area contributed by atoms with Crippen molar-refractivity contribution >= 4 is 11.6 Å². The van der Waals surface area contributed by atoms with Crippen LogP contribution in [0.25, 0.3) is 0 Å². The molecule has 1 amide bonds. The molecule has 0 radical (unpaired) electrons. The summed E-state index contributed by atoms with van der Waals surface area (Å²) in [5.41, 5.74) is 0.196. The van der Waals surface area contributed by atoms with Crippen LogP contribution in [0.4, 0.5) is 14.5 Å². The van der Waals surface area contributed by atoms with E-state index in [1.165, 1.54) is 0 Å². The number of pyridine rings is 1. The summed E-state index contributed by atoms with van der Waals surface area (Å²) in [4.78, 5) is 16.7. The van der Waals surface area contributed by atoms with Crippen LogP contribution >= 0.6 is 0 Å². The van der Waals surface area contributed by atoms with E-state index in [0.29, 0.717) is 29.8 Å². The van der Waals surface area contributed by atoms with Gasteiger partial charge in [-0.3, -0.25) is 9.78 Å². The maximum absolute atomic E-state index is 14.3. The van der Waals surface area contributed by atoms with Gasteiger partial charge in [0, 0.05) is 29.8 Å². The molecule has 2 aromatic rings. The summed E-state index contributed by atoms with van der Waals surface area (Å²) in [6.07, 6.45) is 2.84. The summed E-state index contributed by atoms with van der Waals surface area (Å²) in [5, 5.41) is 13.4. The van der Waals surface area contributed by atoms with E-state index in [2.05, 4.69) is 10.3 Å². The molecule has 0 bridgehead atoms. The van der Waals surface area contributed by atoms with Crippen LogP contribution in [0.15, 0.2) is 48.7 Å². The molecule has 0 aliphatic heterocycles. The second-order valence-electron chi connectivity index (χ2n) is 7.55. The number of fused-ring (bicyclic) bond motifs is 1. The lowest BCUT2D eigenvalue weighted by Crippen LogP contribution is -2.23. The van der Waals surface area contributed by atoms with Crippen LogP contribution in [-0.4, -0.2) is 21.9 Å². The Bertz CT molecular complexity index is 843. The Morgan fingerprint density at radius 3 is 2.74 bits per heavy atom. The van der Waals surface area contributed by atoms with Gasteiger partial charge in [0.25, 0.3) is 5.92 Å². The van der Waals surface area contributed by atoms with Gasteiger partial charge in [-0.05, 0) is 31.0 Å². The van der Waals surface area contributed by atoms with Crippen molar-refractivity contribution in [3.63, 3.8) is 0 Å². The fourth-order valence-corrected chi connectivity index (χ4v) is 4.54. The number of amides is 1. The Morgan fingerprint density at radius 1 is 1.22 bits per heavy atom. The Labute approximate surface area is 156 Å². The van der Waals surface area contributed by atoms with Crippen LogP contribution < -0.4 is 5.32 Å². The van der Waals surface area contributed by atoms with Gasteiger partial charge in [-0.25, -0.2) is 8.78 Å². The summed E-state index contributed by atoms with van der Waals surface area (Å²) in [5.74, 6) is -3.84. The van der Waals surface area contributed by atoms with E-state index in [4.69, 9.17) is 0 Å². The zero-order valence-electron chi connectivity index (χ0n) is 14.9. The molecular weight excluding hydrogens is 350 g/mol. The molecule has 27 heavy (non-hydrogen) atoms. The van der Waals surface area contributed by atoms with E-state index in [1.54, 1.807) is 48.7 Å². The first-order chi connectivity index (χ1) is 13.0. The fraction of sp³-hybridized carbons (Fsp3) is 0.429. The van der Waals surface area contributed by atoms with E-state index in [0.717, 1.165) is 12.8 Å². The van der Waals surface area contributed by atoms with Crippen molar-refractivity contribution in [1.82, 2.24) is 4.98 Å². The number of hydrogen-bond donors (Lipinski definition) is 2. The second-order valence-corrected chi connectivity index (χ2v) is 7.55. The average Bonchev–Trinajstić information content (AvgIpc) is 3.17. The molecule has 1 aromatic carbocycles. The van der Waals surface area contributed by atoms with Gasteiger partial charge in [0.05, 0.1) is 11.1 Å². The number of anilines is 1. The van der Waals surface area contributed by atoms with Gasteiger partial charge in [0.15, 0.2) is 0 Å². The van der Waals surface area contributed by atoms with E-state index >= 15 is 0 Å². The van der Waals surface area contributed by atoms with Crippen LogP contribution in [-0.2, 0) is 4.79 Å². The molecule has 1 aromatic heterocycles. The highest BCUT2D eigenvalue weighted by Crippen LogP contribution is 2.73. The zero-order valence-corrected chi connectivity index (χ0v) is 14.9. The zero-order chi connectivity index (χ0) is 19.1. The van der Waals surface area contributed by atoms with Gasteiger partial charge in [0.1, 0.15) is 6.10 Å². The van der Waals surface area contributed by atoms with Crippen molar-refractivity contribution in [2.45, 2.75) is 44.1 Å². The number of halogens is 2. The van der Waals surface area contributed by atoms with Gasteiger partial charge in [0.2, 0.25) is 5.91 Å². The standard InChI is InChI=1S/C21H22F2N2O2/c22-21(23)17-10-3-5-11-20(17,21)13-18(26)25-15-8-2-1-7-14(15)19(27)16-9-4-6-12-24-16/h1-2,4,6-9,12,17,19,27H,3,5,10-11,13H2,(H,25,26). The minimum Gasteiger partial charge on any atom is -0.382 e. The highest BCUT2D eigenvalue weighted by atomic mass is 19.3. The average molecular weight is 372 g/mol. The number of aromatic nitrogens is 1. The lowest BCUT2D eigenvalue weighted by Gasteiger charge is -2.21. The van der Waals surface area contributed by atoms with Gasteiger partial charge < -0.3 is 10.4 Å². The molecule has 3 unspecified atom stereocenters. The van der Waals surface area contributed by atoms with Gasteiger partial charge in [-0.2, -0.15) is 0 Å². The smallest absolute Gasteiger partial charge is 0.258 e. The number of benzene rings is 1. The third-order valence-corrected chi connectivity index (χ3v) is 6.02. The third kappa shape index (κ3) is 3.02. The summed E-state index contributed by atoms with van der Waals surface area (Å²) < 4.78 is 28.5. The summed E-state index contributed by atoms with van der Waals surface area (Å²) in [6, 6.07) is 12.1. The van der Waals surface area contributed by atoms with E-state index in [9.17, 15) is 18.7 Å². The van der Waals surface area contributed by atoms with Crippen molar-refractivity contribution in [3.8, 4) is 0 Å². The highest BCUT2D eigenvalue weighted by molar-refractivity contribution is 5.92. The van der Waals surface area contributed by atoms with Crippen LogP contribution in [0.2, 0.25) is 0 Å². The van der Waals surface area contributed by atoms with E-state index < -0.39 is 29.3 Å². The number of carbonyl (C=O) groups is 1. The van der Waals surface area contributed by atoms with Crippen molar-refractivity contribution in [1.29, 1.82) is 0 Å². The molecule has 2 fully saturated rings. The lowest BCUT2D eigenvalue weighted by atomic mass is 9.85. The first-order valence-electron chi connectivity index (χ1n) is 9.31. The molecule has 2 aliphatic carbocycles. The summed E-state index contributed by atoms with van der Waals surface area (Å²) >= 11 is 0. The molecule has 4 nitrogen and oxygen atoms in total. The van der Waals surface area contributed by atoms with Crippen molar-refractivity contribution in [2.24, 2.45) is 11.3 Å². The minimum absolute atomic E-state index is 0.182. The minimum atomic E-state index is -2.74. The Balaban J connectivity index is 1.51. The van der Waals surface area contributed by atoms with Crippen LogP contribution in [0.1, 0.15) is 49.5 Å². The number of nitrogens with one attached hydrogen (secondary N) is 1. The molecule has 6 heteroatoms. The molecule has 2 N–H and O–H groups in total. The van der Waals surface area contributed by atoms with E-state index in [1.807, 2.05) is 0 Å². The van der Waals surface area contributed by atoms with Gasteiger partial charge in [-0.1, -0.05) is 37.1 Å². The number of aliphatic hydroxyl groups excluding tert-OH is 1. The summed E-state index contributed by atoms with van der Waals surface area (Å²) in [6.45, 7) is 0. The van der Waals surface area contributed by atoms with E-state index in [-0.39, 0.29) is 6.42 Å². The molecule has 0 saturated heterocycles. The molecule has 2 aliphatic rings. The molecule has 1 heterocycles. The van der Waals surface area contributed by atoms with Gasteiger partial charge >= 0.3 is 0 Å². The third-order valence-electron chi connectivity index (χ3n) is 6.02. The molecule has 142 valence electrons. The van der Waals surface area contributed by atoms with Crippen molar-refractivity contribution < 1.29 is 18.7 Å². The summed E-state index contributed by atoms with van der Waals surface area (Å²) in [7, 11) is 0. The van der Waals surface area contributed by atoms with Gasteiger partial charge in [-0.15, -0.1) is 0 Å². The number of alkyl halides is 2. The molecule has 0 spiro atoms. The Kier molecular flexibility index (Phi) is 4.46. The molecule has 3 atom stereocenters. The normalized spacial score (nSPS) is 26.7. The number of nitrogens with zero attached hydrogens (tertiary/aromatic N) is 1. The number of hydrogen-bond acceptors (Lipinski definition) is 3. The molecule has 2 saturated carbocycles. The molecular formula is C21H22F2N2O2. The molecule has 4 rings (SSSR count). The fourth-order valence-electron chi connectivity index (χ4n) is 4.54. The topological polar surface area (TPSA) is 62.2 Å². The lowest BCUT2D eigenvalue weighted by molar-refractivity contribution is -0.118. The maximum atomic E-state index is 14.3. The van der Waals surface area contributed by atoms with Crippen LogP contribution in [0.5, 0.6) is 0 Å². The second kappa shape index (κ2) is 6.68. The Hall–Kier alpha value is -2.34. The number of aliphatic hydroxyl groups is 1. The van der Waals surface area contributed by atoms with Crippen molar-refractivity contribution in [3.05, 3.63) is 59.9 Å². The quantitative estimate of drug-likeness (QED) is 0.822. The SMILES string of the molecule is O=C(CC12CCCCC1C2(F)F)Nc1ccccc1C(O)c1ccccn1. The largest absolute Gasteiger partial charge is 0.382 e. The first kappa shape index (κ1) is 18.0. The predicted octanol–water partition coefficient (Wildman–Crippen LogP) is 4.32.